The van der Waals surface area contributed by atoms with Gasteiger partial charge in [-0.2, -0.15) is 0 Å². The summed E-state index contributed by atoms with van der Waals surface area (Å²) in [5, 5.41) is 3.20. The first kappa shape index (κ1) is 19.0. The molecule has 134 valence electrons. The van der Waals surface area contributed by atoms with E-state index >= 15 is 0 Å². The van der Waals surface area contributed by atoms with Gasteiger partial charge in [0.25, 0.3) is 0 Å². The smallest absolute Gasteiger partial charge is 0.224 e. The second-order valence-electron chi connectivity index (χ2n) is 7.12. The molecule has 25 heavy (non-hydrogen) atoms. The second kappa shape index (κ2) is 8.70. The summed E-state index contributed by atoms with van der Waals surface area (Å²) in [6.45, 7) is 8.51. The Kier molecular flexibility index (Phi) is 6.63. The zero-order chi connectivity index (χ0) is 18.4. The maximum absolute atomic E-state index is 12.6. The lowest BCUT2D eigenvalue weighted by Gasteiger charge is -2.21. The molecule has 2 aromatic rings. The summed E-state index contributed by atoms with van der Waals surface area (Å²) < 4.78 is 5.22. The topological polar surface area (TPSA) is 38.3 Å². The molecule has 0 fully saturated rings. The summed E-state index contributed by atoms with van der Waals surface area (Å²) in [6.07, 6.45) is 1.32. The average Bonchev–Trinajstić information content (AvgIpc) is 2.57. The quantitative estimate of drug-likeness (QED) is 0.790. The molecule has 0 saturated heterocycles. The van der Waals surface area contributed by atoms with Crippen molar-refractivity contribution >= 4 is 5.91 Å². The molecular formula is C22H29NO2. The molecule has 0 saturated carbocycles. The number of benzene rings is 2. The molecule has 0 radical (unpaired) electrons. The first-order chi connectivity index (χ1) is 11.9. The van der Waals surface area contributed by atoms with E-state index in [2.05, 4.69) is 45.1 Å². The molecule has 0 spiro atoms. The molecule has 0 unspecified atom stereocenters. The van der Waals surface area contributed by atoms with Gasteiger partial charge in [-0.3, -0.25) is 4.79 Å². The van der Waals surface area contributed by atoms with Crippen LogP contribution in [0.25, 0.3) is 0 Å². The first-order valence-electron chi connectivity index (χ1n) is 8.88. The molecule has 3 heteroatoms. The van der Waals surface area contributed by atoms with Gasteiger partial charge in [-0.1, -0.05) is 44.2 Å². The summed E-state index contributed by atoms with van der Waals surface area (Å²) in [7, 11) is 1.66. The van der Waals surface area contributed by atoms with E-state index in [-0.39, 0.29) is 11.9 Å². The number of carbonyl (C=O) groups excluding carboxylic acids is 1. The van der Waals surface area contributed by atoms with Crippen LogP contribution in [0.15, 0.2) is 42.5 Å². The minimum atomic E-state index is 0.0185. The highest BCUT2D eigenvalue weighted by Crippen LogP contribution is 2.24. The van der Waals surface area contributed by atoms with Gasteiger partial charge >= 0.3 is 0 Å². The van der Waals surface area contributed by atoms with E-state index in [0.29, 0.717) is 12.3 Å². The second-order valence-corrected chi connectivity index (χ2v) is 7.12. The predicted octanol–water partition coefficient (Wildman–Crippen LogP) is 4.76. The van der Waals surface area contributed by atoms with E-state index in [1.807, 2.05) is 30.3 Å². The molecule has 0 aromatic heterocycles. The van der Waals surface area contributed by atoms with Crippen LogP contribution in [0.3, 0.4) is 0 Å². The Balaban J connectivity index is 2.09. The third-order valence-electron chi connectivity index (χ3n) is 4.50. The van der Waals surface area contributed by atoms with Crippen LogP contribution >= 0.6 is 0 Å². The summed E-state index contributed by atoms with van der Waals surface area (Å²) in [5.74, 6) is 1.38. The normalized spacial score (nSPS) is 12.1. The van der Waals surface area contributed by atoms with Gasteiger partial charge in [0, 0.05) is 0 Å². The highest BCUT2D eigenvalue weighted by molar-refractivity contribution is 5.79. The van der Waals surface area contributed by atoms with Gasteiger partial charge in [0.05, 0.1) is 19.6 Å². The van der Waals surface area contributed by atoms with Crippen molar-refractivity contribution in [1.29, 1.82) is 0 Å². The largest absolute Gasteiger partial charge is 0.497 e. The van der Waals surface area contributed by atoms with Crippen LogP contribution in [0.4, 0.5) is 0 Å². The van der Waals surface area contributed by atoms with Gasteiger partial charge in [0.1, 0.15) is 5.75 Å². The monoisotopic (exact) mass is 339 g/mol. The molecule has 0 heterocycles. The van der Waals surface area contributed by atoms with Crippen LogP contribution < -0.4 is 10.1 Å². The molecule has 1 N–H and O–H groups in total. The van der Waals surface area contributed by atoms with Crippen molar-refractivity contribution in [2.45, 2.75) is 46.6 Å². The SMILES string of the molecule is COc1ccc([C@@H](CC(C)C)NC(=O)Cc2ccc(C)c(C)c2)cc1. The molecule has 0 aliphatic carbocycles. The van der Waals surface area contributed by atoms with Crippen LogP contribution in [0.5, 0.6) is 5.75 Å². The van der Waals surface area contributed by atoms with Crippen molar-refractivity contribution in [2.24, 2.45) is 5.92 Å². The summed E-state index contributed by atoms with van der Waals surface area (Å²) in [4.78, 5) is 12.6. The minimum Gasteiger partial charge on any atom is -0.497 e. The third kappa shape index (κ3) is 5.63. The Hall–Kier alpha value is -2.29. The fourth-order valence-electron chi connectivity index (χ4n) is 2.93. The highest BCUT2D eigenvalue weighted by Gasteiger charge is 2.16. The predicted molar refractivity (Wildman–Crippen MR) is 103 cm³/mol. The summed E-state index contributed by atoms with van der Waals surface area (Å²) in [5.41, 5.74) is 4.64. The van der Waals surface area contributed by atoms with Crippen LogP contribution in [-0.4, -0.2) is 13.0 Å². The lowest BCUT2D eigenvalue weighted by atomic mass is 9.96. The third-order valence-corrected chi connectivity index (χ3v) is 4.50. The number of hydrogen-bond donors (Lipinski definition) is 1. The van der Waals surface area contributed by atoms with E-state index in [0.717, 1.165) is 23.3 Å². The van der Waals surface area contributed by atoms with Crippen LogP contribution in [-0.2, 0) is 11.2 Å². The molecule has 1 atom stereocenters. The van der Waals surface area contributed by atoms with Gasteiger partial charge in [-0.25, -0.2) is 0 Å². The van der Waals surface area contributed by atoms with Crippen molar-refractivity contribution in [3.8, 4) is 5.75 Å². The number of amides is 1. The molecule has 3 nitrogen and oxygen atoms in total. The Bertz CT molecular complexity index is 704. The van der Waals surface area contributed by atoms with Crippen molar-refractivity contribution < 1.29 is 9.53 Å². The number of hydrogen-bond acceptors (Lipinski definition) is 2. The van der Waals surface area contributed by atoms with Gasteiger partial charge < -0.3 is 10.1 Å². The van der Waals surface area contributed by atoms with Gasteiger partial charge in [-0.15, -0.1) is 0 Å². The van der Waals surface area contributed by atoms with Crippen molar-refractivity contribution in [2.75, 3.05) is 7.11 Å². The van der Waals surface area contributed by atoms with Crippen LogP contribution in [0.1, 0.15) is 48.6 Å². The molecule has 0 aliphatic rings. The van der Waals surface area contributed by atoms with E-state index in [4.69, 9.17) is 4.74 Å². The fourth-order valence-corrected chi connectivity index (χ4v) is 2.93. The molecule has 0 bridgehead atoms. The number of nitrogens with one attached hydrogen (secondary N) is 1. The first-order valence-corrected chi connectivity index (χ1v) is 8.88. The fraction of sp³-hybridized carbons (Fsp3) is 0.409. The number of ether oxygens (including phenoxy) is 1. The average molecular weight is 339 g/mol. The molecule has 2 rings (SSSR count). The van der Waals surface area contributed by atoms with E-state index in [9.17, 15) is 4.79 Å². The van der Waals surface area contributed by atoms with Crippen molar-refractivity contribution in [1.82, 2.24) is 5.32 Å². The Morgan fingerprint density at radius 3 is 2.28 bits per heavy atom. The van der Waals surface area contributed by atoms with Gasteiger partial charge in [0.15, 0.2) is 0 Å². The molecule has 0 aliphatic heterocycles. The number of methoxy groups -OCH3 is 1. The van der Waals surface area contributed by atoms with E-state index in [1.165, 1.54) is 11.1 Å². The number of aryl methyl sites for hydroxylation is 2. The maximum Gasteiger partial charge on any atom is 0.224 e. The van der Waals surface area contributed by atoms with Gasteiger partial charge in [0.2, 0.25) is 5.91 Å². The van der Waals surface area contributed by atoms with Gasteiger partial charge in [-0.05, 0) is 60.6 Å². The molecule has 1 amide bonds. The highest BCUT2D eigenvalue weighted by atomic mass is 16.5. The van der Waals surface area contributed by atoms with Crippen molar-refractivity contribution in [3.05, 3.63) is 64.7 Å². The maximum atomic E-state index is 12.6. The lowest BCUT2D eigenvalue weighted by molar-refractivity contribution is -0.121. The summed E-state index contributed by atoms with van der Waals surface area (Å²) >= 11 is 0. The summed E-state index contributed by atoms with van der Waals surface area (Å²) in [6, 6.07) is 14.2. The van der Waals surface area contributed by atoms with E-state index in [1.54, 1.807) is 7.11 Å². The molecule has 2 aromatic carbocycles. The van der Waals surface area contributed by atoms with Crippen molar-refractivity contribution in [3.63, 3.8) is 0 Å². The minimum absolute atomic E-state index is 0.0185. The zero-order valence-electron chi connectivity index (χ0n) is 15.9. The number of carbonyl (C=O) groups is 1. The van der Waals surface area contributed by atoms with Crippen LogP contribution in [0.2, 0.25) is 0 Å². The van der Waals surface area contributed by atoms with E-state index < -0.39 is 0 Å². The van der Waals surface area contributed by atoms with Crippen LogP contribution in [0, 0.1) is 19.8 Å². The number of rotatable bonds is 7. The standard InChI is InChI=1S/C22H29NO2/c1-15(2)12-21(19-8-10-20(25-5)11-9-19)23-22(24)14-18-7-6-16(3)17(4)13-18/h6-11,13,15,21H,12,14H2,1-5H3,(H,23,24)/t21-/m1/s1. The Morgan fingerprint density at radius 1 is 1.04 bits per heavy atom. The Morgan fingerprint density at radius 2 is 1.72 bits per heavy atom. The zero-order valence-corrected chi connectivity index (χ0v) is 15.9. The lowest BCUT2D eigenvalue weighted by Crippen LogP contribution is -2.30. The molecular weight excluding hydrogens is 310 g/mol. The Labute approximate surface area is 151 Å².